The zero-order valence-corrected chi connectivity index (χ0v) is 28.6. The number of ketones is 1. The van der Waals surface area contributed by atoms with Gasteiger partial charge in [-0.25, -0.2) is 9.59 Å². The molecular formula is C38H44O11. The minimum Gasteiger partial charge on any atom is -0.458 e. The van der Waals surface area contributed by atoms with Crippen LogP contribution < -0.4 is 0 Å². The number of hydrogen-bond acceptors (Lipinski definition) is 11. The SMILES string of the molecule is C=C1CC(OC(C)=O)C(OC(=O)c2ccccc2)C(C)(C)C=CC(C)C(=O)C2(O)CC(C)(O)C(OC(=O)c3ccccc3)C2C1OC(C)=O. The third-order valence-corrected chi connectivity index (χ3v) is 9.13. The summed E-state index contributed by atoms with van der Waals surface area (Å²) in [4.78, 5) is 66.2. The van der Waals surface area contributed by atoms with Gasteiger partial charge in [-0.3, -0.25) is 14.4 Å². The Hall–Kier alpha value is -4.61. The van der Waals surface area contributed by atoms with Crippen LogP contribution in [0.5, 0.6) is 0 Å². The maximum absolute atomic E-state index is 14.3. The molecule has 1 fully saturated rings. The Kier molecular flexibility index (Phi) is 11.0. The molecule has 0 aliphatic heterocycles. The highest BCUT2D eigenvalue weighted by Crippen LogP contribution is 2.50. The first-order valence-corrected chi connectivity index (χ1v) is 16.1. The minimum atomic E-state index is -2.39. The van der Waals surface area contributed by atoms with Gasteiger partial charge in [-0.15, -0.1) is 0 Å². The lowest BCUT2D eigenvalue weighted by atomic mass is 9.73. The molecule has 2 aromatic rings. The number of aliphatic hydroxyl groups is 2. The molecule has 2 aromatic carbocycles. The molecule has 0 saturated heterocycles. The minimum absolute atomic E-state index is 0.0462. The molecule has 4 rings (SSSR count). The van der Waals surface area contributed by atoms with Gasteiger partial charge in [0.1, 0.15) is 35.6 Å². The van der Waals surface area contributed by atoms with Gasteiger partial charge in [0.25, 0.3) is 0 Å². The summed E-state index contributed by atoms with van der Waals surface area (Å²) < 4.78 is 23.4. The summed E-state index contributed by atoms with van der Waals surface area (Å²) in [6.45, 7) is 12.8. The molecule has 2 aliphatic carbocycles. The molecule has 2 N–H and O–H groups in total. The second-order valence-corrected chi connectivity index (χ2v) is 13.7. The fraction of sp³-hybridized carbons (Fsp3) is 0.447. The summed E-state index contributed by atoms with van der Waals surface area (Å²) in [6.07, 6.45) is -3.16. The van der Waals surface area contributed by atoms with Gasteiger partial charge in [-0.1, -0.05) is 75.9 Å². The van der Waals surface area contributed by atoms with Crippen molar-refractivity contribution in [2.24, 2.45) is 17.3 Å². The summed E-state index contributed by atoms with van der Waals surface area (Å²) in [5, 5.41) is 24.1. The molecule has 11 nitrogen and oxygen atoms in total. The van der Waals surface area contributed by atoms with Crippen LogP contribution in [0.3, 0.4) is 0 Å². The Morgan fingerprint density at radius 2 is 1.27 bits per heavy atom. The molecule has 0 bridgehead atoms. The first-order valence-electron chi connectivity index (χ1n) is 16.1. The molecule has 0 radical (unpaired) electrons. The number of rotatable bonds is 6. The van der Waals surface area contributed by atoms with Crippen LogP contribution in [0.2, 0.25) is 0 Å². The van der Waals surface area contributed by atoms with Gasteiger partial charge in [-0.2, -0.15) is 0 Å². The van der Waals surface area contributed by atoms with Crippen molar-refractivity contribution in [1.82, 2.24) is 0 Å². The average molecular weight is 677 g/mol. The molecule has 0 heterocycles. The van der Waals surface area contributed by atoms with Crippen molar-refractivity contribution in [2.75, 3.05) is 0 Å². The highest BCUT2D eigenvalue weighted by Gasteiger charge is 2.67. The van der Waals surface area contributed by atoms with Crippen molar-refractivity contribution < 1.29 is 53.1 Å². The molecule has 1 saturated carbocycles. The number of esters is 4. The van der Waals surface area contributed by atoms with E-state index in [1.807, 2.05) is 0 Å². The zero-order valence-electron chi connectivity index (χ0n) is 28.6. The Morgan fingerprint density at radius 3 is 1.76 bits per heavy atom. The lowest BCUT2D eigenvalue weighted by Crippen LogP contribution is -2.55. The van der Waals surface area contributed by atoms with E-state index in [1.54, 1.807) is 68.5 Å². The smallest absolute Gasteiger partial charge is 0.338 e. The number of allylic oxidation sites excluding steroid dienone is 1. The van der Waals surface area contributed by atoms with Crippen molar-refractivity contribution in [3.8, 4) is 0 Å². The van der Waals surface area contributed by atoms with E-state index in [9.17, 15) is 34.2 Å². The normalized spacial score (nSPS) is 31.3. The number of hydrogen-bond donors (Lipinski definition) is 2. The van der Waals surface area contributed by atoms with Gasteiger partial charge < -0.3 is 29.2 Å². The Labute approximate surface area is 285 Å². The van der Waals surface area contributed by atoms with Crippen LogP contribution in [0.4, 0.5) is 0 Å². The van der Waals surface area contributed by atoms with E-state index in [-0.39, 0.29) is 23.1 Å². The van der Waals surface area contributed by atoms with Gasteiger partial charge >= 0.3 is 23.9 Å². The quantitative estimate of drug-likeness (QED) is 0.251. The van der Waals surface area contributed by atoms with Gasteiger partial charge in [0, 0.05) is 38.0 Å². The van der Waals surface area contributed by atoms with Crippen molar-refractivity contribution in [3.05, 3.63) is 96.1 Å². The zero-order chi connectivity index (χ0) is 36.3. The first kappa shape index (κ1) is 37.2. The Balaban J connectivity index is 1.89. The maximum Gasteiger partial charge on any atom is 0.338 e. The Morgan fingerprint density at radius 1 is 0.776 bits per heavy atom. The van der Waals surface area contributed by atoms with Gasteiger partial charge in [0.2, 0.25) is 0 Å². The predicted molar refractivity (Wildman–Crippen MR) is 177 cm³/mol. The molecule has 0 aromatic heterocycles. The fourth-order valence-electron chi connectivity index (χ4n) is 6.84. The second-order valence-electron chi connectivity index (χ2n) is 13.7. The standard InChI is InChI=1S/C38H44O11/c1-22-18-19-36(5,6)32(48-34(42)26-14-10-8-11-15-26)28(46-24(3)39)20-23(2)30(47-25(4)40)29-33(37(7,44)21-38(29,45)31(22)41)49-35(43)27-16-12-9-13-17-27/h8-19,22,28-30,32-33,44-45H,2,20-21H2,1,3-7H3. The van der Waals surface area contributed by atoms with E-state index in [4.69, 9.17) is 18.9 Å². The van der Waals surface area contributed by atoms with Crippen molar-refractivity contribution in [3.63, 3.8) is 0 Å². The van der Waals surface area contributed by atoms with Gasteiger partial charge in [0.05, 0.1) is 17.0 Å². The van der Waals surface area contributed by atoms with Crippen LogP contribution in [0.25, 0.3) is 0 Å². The summed E-state index contributed by atoms with van der Waals surface area (Å²) in [7, 11) is 0. The first-order chi connectivity index (χ1) is 22.9. The third kappa shape index (κ3) is 8.17. The number of fused-ring (bicyclic) bond motifs is 1. The molecule has 11 heteroatoms. The predicted octanol–water partition coefficient (Wildman–Crippen LogP) is 4.55. The van der Waals surface area contributed by atoms with Crippen LogP contribution in [-0.4, -0.2) is 75.5 Å². The van der Waals surface area contributed by atoms with Crippen molar-refractivity contribution in [1.29, 1.82) is 0 Å². The number of carbonyl (C=O) groups is 5. The van der Waals surface area contributed by atoms with E-state index in [0.29, 0.717) is 0 Å². The topological polar surface area (TPSA) is 163 Å². The molecule has 0 spiro atoms. The maximum atomic E-state index is 14.3. The average Bonchev–Trinajstić information content (AvgIpc) is 3.24. The van der Waals surface area contributed by atoms with Crippen LogP contribution in [-0.2, 0) is 33.3 Å². The summed E-state index contributed by atoms with van der Waals surface area (Å²) in [6, 6.07) is 16.2. The van der Waals surface area contributed by atoms with E-state index in [2.05, 4.69) is 6.58 Å². The largest absolute Gasteiger partial charge is 0.458 e. The molecule has 8 atom stereocenters. The summed E-state index contributed by atoms with van der Waals surface area (Å²) in [5.74, 6) is -6.36. The number of ether oxygens (including phenoxy) is 4. The van der Waals surface area contributed by atoms with E-state index in [1.165, 1.54) is 39.0 Å². The molecule has 2 aliphatic rings. The van der Waals surface area contributed by atoms with Crippen LogP contribution in [0.15, 0.2) is 85.0 Å². The van der Waals surface area contributed by atoms with Crippen LogP contribution in [0, 0.1) is 17.3 Å². The highest BCUT2D eigenvalue weighted by atomic mass is 16.6. The molecule has 8 unspecified atom stereocenters. The monoisotopic (exact) mass is 676 g/mol. The van der Waals surface area contributed by atoms with Crippen LogP contribution >= 0.6 is 0 Å². The second kappa shape index (κ2) is 14.5. The fourth-order valence-corrected chi connectivity index (χ4v) is 6.84. The molecule has 262 valence electrons. The third-order valence-electron chi connectivity index (χ3n) is 9.13. The number of benzene rings is 2. The van der Waals surface area contributed by atoms with Crippen molar-refractivity contribution >= 4 is 29.7 Å². The van der Waals surface area contributed by atoms with Gasteiger partial charge in [-0.05, 0) is 36.8 Å². The molecule has 49 heavy (non-hydrogen) atoms. The molecular weight excluding hydrogens is 632 g/mol. The summed E-state index contributed by atoms with van der Waals surface area (Å²) >= 11 is 0. The van der Waals surface area contributed by atoms with Crippen LogP contribution in [0.1, 0.15) is 75.1 Å². The van der Waals surface area contributed by atoms with E-state index < -0.39 is 89.0 Å². The van der Waals surface area contributed by atoms with Crippen molar-refractivity contribution in [2.45, 2.75) is 90.0 Å². The van der Waals surface area contributed by atoms with Gasteiger partial charge in [0.15, 0.2) is 5.78 Å². The number of carbonyl (C=O) groups excluding carboxylic acids is 5. The lowest BCUT2D eigenvalue weighted by molar-refractivity contribution is -0.167. The van der Waals surface area contributed by atoms with E-state index >= 15 is 0 Å². The molecule has 0 amide bonds. The lowest BCUT2D eigenvalue weighted by Gasteiger charge is -2.41. The summed E-state index contributed by atoms with van der Waals surface area (Å²) in [5.41, 5.74) is -5.01. The Bertz CT molecular complexity index is 1610. The highest BCUT2D eigenvalue weighted by molar-refractivity contribution is 5.93. The number of Topliss-reactive ketones (excluding diaryl/α,β-unsaturated/α-hetero) is 1. The van der Waals surface area contributed by atoms with E-state index in [0.717, 1.165) is 6.92 Å².